The maximum atomic E-state index is 12.5. The summed E-state index contributed by atoms with van der Waals surface area (Å²) < 4.78 is 21.7. The largest absolute Gasteiger partial charge is 0.442 e. The van der Waals surface area contributed by atoms with Gasteiger partial charge < -0.3 is 9.15 Å². The van der Waals surface area contributed by atoms with Gasteiger partial charge in [-0.25, -0.2) is 4.39 Å². The number of halogens is 1. The molecule has 0 bridgehead atoms. The van der Waals surface area contributed by atoms with E-state index < -0.39 is 12.1 Å². The average Bonchev–Trinajstić information content (AvgIpc) is 2.34. The van der Waals surface area contributed by atoms with E-state index in [2.05, 4.69) is 14.1 Å². The van der Waals surface area contributed by atoms with Crippen LogP contribution in [0.3, 0.4) is 0 Å². The van der Waals surface area contributed by atoms with Gasteiger partial charge in [-0.05, 0) is 6.92 Å². The molecule has 0 amide bonds. The molecular formula is C7H8FNO3. The van der Waals surface area contributed by atoms with Gasteiger partial charge in [0.1, 0.15) is 0 Å². The highest BCUT2D eigenvalue weighted by Gasteiger charge is 2.12. The lowest BCUT2D eigenvalue weighted by Gasteiger charge is -1.92. The van der Waals surface area contributed by atoms with Crippen LogP contribution in [0.2, 0.25) is 0 Å². The van der Waals surface area contributed by atoms with Crippen LogP contribution < -0.4 is 4.74 Å². The van der Waals surface area contributed by atoms with E-state index in [4.69, 9.17) is 0 Å². The van der Waals surface area contributed by atoms with E-state index in [1.807, 2.05) is 0 Å². The molecule has 1 rings (SSSR count). The van der Waals surface area contributed by atoms with Crippen molar-refractivity contribution in [1.29, 1.82) is 0 Å². The van der Waals surface area contributed by atoms with Gasteiger partial charge in [-0.1, -0.05) is 0 Å². The second-order valence-corrected chi connectivity index (χ2v) is 2.23. The van der Waals surface area contributed by atoms with E-state index in [-0.39, 0.29) is 11.8 Å². The molecule has 0 saturated heterocycles. The number of alkyl halides is 1. The number of nitrogens with zero attached hydrogens (tertiary/aromatic N) is 1. The van der Waals surface area contributed by atoms with E-state index in [1.165, 1.54) is 13.8 Å². The molecule has 4 nitrogen and oxygen atoms in total. The molecule has 0 aliphatic rings. The van der Waals surface area contributed by atoms with E-state index in [9.17, 15) is 9.18 Å². The molecule has 0 spiro atoms. The number of carbonyl (C=O) groups is 1. The molecule has 1 unspecified atom stereocenters. The molecule has 0 saturated carbocycles. The smallest absolute Gasteiger partial charge is 0.309 e. The number of aromatic nitrogens is 1. The number of rotatable bonds is 2. The van der Waals surface area contributed by atoms with Crippen molar-refractivity contribution in [3.05, 3.63) is 12.2 Å². The van der Waals surface area contributed by atoms with Gasteiger partial charge in [0.25, 0.3) is 5.88 Å². The molecule has 0 N–H and O–H groups in total. The Labute approximate surface area is 68.3 Å². The Bertz CT molecular complexity index is 282. The summed E-state index contributed by atoms with van der Waals surface area (Å²) in [6, 6.07) is 0. The second-order valence-electron chi connectivity index (χ2n) is 2.23. The summed E-state index contributed by atoms with van der Waals surface area (Å²) in [6.07, 6.45) is -0.207. The number of oxazole rings is 1. The van der Waals surface area contributed by atoms with Crippen LogP contribution in [0.25, 0.3) is 0 Å². The monoisotopic (exact) mass is 173 g/mol. The third kappa shape index (κ3) is 2.05. The Morgan fingerprint density at radius 1 is 1.83 bits per heavy atom. The van der Waals surface area contributed by atoms with E-state index in [1.54, 1.807) is 0 Å². The molecule has 1 aromatic rings. The van der Waals surface area contributed by atoms with Crippen molar-refractivity contribution in [2.75, 3.05) is 0 Å². The van der Waals surface area contributed by atoms with Crippen LogP contribution in [-0.4, -0.2) is 11.0 Å². The third-order valence-electron chi connectivity index (χ3n) is 1.09. The molecule has 5 heteroatoms. The molecule has 1 aromatic heterocycles. The van der Waals surface area contributed by atoms with Crippen molar-refractivity contribution in [3.8, 4) is 5.88 Å². The Morgan fingerprint density at radius 3 is 2.92 bits per heavy atom. The Balaban J connectivity index is 2.70. The fraction of sp³-hybridized carbons (Fsp3) is 0.429. The average molecular weight is 173 g/mol. The maximum Gasteiger partial charge on any atom is 0.309 e. The van der Waals surface area contributed by atoms with E-state index >= 15 is 0 Å². The standard InChI is InChI=1S/C7H8FNO3/c1-4(8)7-9-6(3-11-7)12-5(2)10/h3-4H,1-2H3. The predicted octanol–water partition coefficient (Wildman–Crippen LogP) is 1.63. The van der Waals surface area contributed by atoms with Crippen LogP contribution in [0.5, 0.6) is 5.88 Å². The van der Waals surface area contributed by atoms with E-state index in [0.29, 0.717) is 0 Å². The van der Waals surface area contributed by atoms with Crippen LogP contribution in [-0.2, 0) is 4.79 Å². The van der Waals surface area contributed by atoms with Crippen LogP contribution in [0, 0.1) is 0 Å². The van der Waals surface area contributed by atoms with Gasteiger partial charge in [0.2, 0.25) is 5.89 Å². The SMILES string of the molecule is CC(=O)Oc1coc(C(C)F)n1. The van der Waals surface area contributed by atoms with Gasteiger partial charge in [0.15, 0.2) is 12.4 Å². The molecule has 0 fully saturated rings. The third-order valence-corrected chi connectivity index (χ3v) is 1.09. The lowest BCUT2D eigenvalue weighted by atomic mass is 10.4. The predicted molar refractivity (Wildman–Crippen MR) is 37.3 cm³/mol. The highest BCUT2D eigenvalue weighted by molar-refractivity contribution is 5.68. The van der Waals surface area contributed by atoms with Crippen molar-refractivity contribution < 1.29 is 18.3 Å². The minimum atomic E-state index is -1.30. The topological polar surface area (TPSA) is 52.3 Å². The van der Waals surface area contributed by atoms with Crippen molar-refractivity contribution in [1.82, 2.24) is 4.98 Å². The molecule has 0 aliphatic heterocycles. The van der Waals surface area contributed by atoms with Crippen LogP contribution >= 0.6 is 0 Å². The normalized spacial score (nSPS) is 12.6. The van der Waals surface area contributed by atoms with E-state index in [0.717, 1.165) is 6.26 Å². The second kappa shape index (κ2) is 3.34. The molecule has 1 heterocycles. The molecule has 0 aromatic carbocycles. The van der Waals surface area contributed by atoms with Gasteiger partial charge in [0, 0.05) is 6.92 Å². The lowest BCUT2D eigenvalue weighted by Crippen LogP contribution is -2.01. The molecule has 12 heavy (non-hydrogen) atoms. The lowest BCUT2D eigenvalue weighted by molar-refractivity contribution is -0.132. The fourth-order valence-electron chi connectivity index (χ4n) is 0.649. The molecular weight excluding hydrogens is 165 g/mol. The summed E-state index contributed by atoms with van der Waals surface area (Å²) in [5.74, 6) is -0.616. The minimum Gasteiger partial charge on any atom is -0.442 e. The first-order valence-corrected chi connectivity index (χ1v) is 3.37. The highest BCUT2D eigenvalue weighted by atomic mass is 19.1. The first-order valence-electron chi connectivity index (χ1n) is 3.37. The van der Waals surface area contributed by atoms with Crippen molar-refractivity contribution >= 4 is 5.97 Å². The zero-order valence-corrected chi connectivity index (χ0v) is 6.70. The molecule has 66 valence electrons. The van der Waals surface area contributed by atoms with Crippen molar-refractivity contribution in [3.63, 3.8) is 0 Å². The van der Waals surface area contributed by atoms with Crippen LogP contribution in [0.15, 0.2) is 10.7 Å². The zero-order chi connectivity index (χ0) is 9.14. The molecule has 1 atom stereocenters. The first-order chi connectivity index (χ1) is 5.59. The van der Waals surface area contributed by atoms with Gasteiger partial charge in [-0.3, -0.25) is 4.79 Å². The molecule has 0 radical (unpaired) electrons. The Hall–Kier alpha value is -1.39. The van der Waals surface area contributed by atoms with Gasteiger partial charge in [0.05, 0.1) is 0 Å². The van der Waals surface area contributed by atoms with Gasteiger partial charge in [-0.2, -0.15) is 4.98 Å². The van der Waals surface area contributed by atoms with Crippen LogP contribution in [0.4, 0.5) is 4.39 Å². The summed E-state index contributed by atoms with van der Waals surface area (Å²) >= 11 is 0. The fourth-order valence-corrected chi connectivity index (χ4v) is 0.649. The highest BCUT2D eigenvalue weighted by Crippen LogP contribution is 2.18. The number of ether oxygens (including phenoxy) is 1. The minimum absolute atomic E-state index is 0.0120. The summed E-state index contributed by atoms with van der Waals surface area (Å²) in [6.45, 7) is 2.51. The Morgan fingerprint density at radius 2 is 2.50 bits per heavy atom. The Kier molecular flexibility index (Phi) is 2.42. The summed E-state index contributed by atoms with van der Waals surface area (Å²) in [4.78, 5) is 14.0. The zero-order valence-electron chi connectivity index (χ0n) is 6.70. The maximum absolute atomic E-state index is 12.5. The number of carbonyl (C=O) groups excluding carboxylic acids is 1. The number of hydrogen-bond donors (Lipinski definition) is 0. The summed E-state index contributed by atoms with van der Waals surface area (Å²) in [5, 5.41) is 0. The quantitative estimate of drug-likeness (QED) is 0.638. The van der Waals surface area contributed by atoms with Gasteiger partial charge >= 0.3 is 5.97 Å². The summed E-state index contributed by atoms with van der Waals surface area (Å²) in [5.41, 5.74) is 0. The first kappa shape index (κ1) is 8.70. The number of hydrogen-bond acceptors (Lipinski definition) is 4. The number of esters is 1. The summed E-state index contributed by atoms with van der Waals surface area (Å²) in [7, 11) is 0. The van der Waals surface area contributed by atoms with Gasteiger partial charge in [-0.15, -0.1) is 0 Å². The molecule has 0 aliphatic carbocycles. The van der Waals surface area contributed by atoms with Crippen molar-refractivity contribution in [2.24, 2.45) is 0 Å². The van der Waals surface area contributed by atoms with Crippen molar-refractivity contribution in [2.45, 2.75) is 20.0 Å². The van der Waals surface area contributed by atoms with Crippen LogP contribution in [0.1, 0.15) is 25.9 Å².